The van der Waals surface area contributed by atoms with Gasteiger partial charge in [0.2, 0.25) is 0 Å². The van der Waals surface area contributed by atoms with Crippen molar-refractivity contribution in [1.82, 2.24) is 10.2 Å². The predicted octanol–water partition coefficient (Wildman–Crippen LogP) is 2.43. The van der Waals surface area contributed by atoms with Gasteiger partial charge in [0, 0.05) is 11.3 Å². The Bertz CT molecular complexity index is 353. The molecule has 0 fully saturated rings. The summed E-state index contributed by atoms with van der Waals surface area (Å²) in [7, 11) is 0. The highest BCUT2D eigenvalue weighted by molar-refractivity contribution is 5.87. The van der Waals surface area contributed by atoms with Gasteiger partial charge in [-0.2, -0.15) is 5.10 Å². The van der Waals surface area contributed by atoms with E-state index in [1.54, 1.807) is 0 Å². The zero-order valence-electron chi connectivity index (χ0n) is 9.66. The number of nitrogens with one attached hydrogen (secondary N) is 1. The first kappa shape index (κ1) is 11.8. The molecule has 0 saturated heterocycles. The highest BCUT2D eigenvalue weighted by Crippen LogP contribution is 2.22. The normalized spacial score (nSPS) is 11.3. The molecule has 15 heavy (non-hydrogen) atoms. The van der Waals surface area contributed by atoms with E-state index >= 15 is 0 Å². The van der Waals surface area contributed by atoms with Crippen LogP contribution < -0.4 is 0 Å². The lowest BCUT2D eigenvalue weighted by atomic mass is 9.96. The van der Waals surface area contributed by atoms with Gasteiger partial charge in [-0.25, -0.2) is 4.79 Å². The van der Waals surface area contributed by atoms with E-state index in [0.29, 0.717) is 5.92 Å². The molecule has 0 aliphatic heterocycles. The molecular formula is C11H18N2O2. The summed E-state index contributed by atoms with van der Waals surface area (Å²) in [4.78, 5) is 11.0. The number of hydrogen-bond donors (Lipinski definition) is 2. The number of carboxylic acid groups (broad SMARTS) is 1. The first-order valence-electron chi connectivity index (χ1n) is 5.23. The highest BCUT2D eigenvalue weighted by Gasteiger charge is 2.20. The maximum atomic E-state index is 11.0. The Labute approximate surface area is 89.7 Å². The van der Waals surface area contributed by atoms with Crippen LogP contribution in [0.5, 0.6) is 0 Å². The van der Waals surface area contributed by atoms with E-state index in [1.165, 1.54) is 0 Å². The molecule has 84 valence electrons. The second-order valence-corrected chi connectivity index (χ2v) is 4.52. The molecule has 0 bridgehead atoms. The van der Waals surface area contributed by atoms with Crippen molar-refractivity contribution in [3.63, 3.8) is 0 Å². The van der Waals surface area contributed by atoms with Gasteiger partial charge in [-0.05, 0) is 18.3 Å². The average molecular weight is 210 g/mol. The second kappa shape index (κ2) is 4.47. The van der Waals surface area contributed by atoms with E-state index in [2.05, 4.69) is 24.0 Å². The Hall–Kier alpha value is -1.32. The monoisotopic (exact) mass is 210 g/mol. The third-order valence-corrected chi connectivity index (χ3v) is 2.29. The van der Waals surface area contributed by atoms with Crippen molar-refractivity contribution in [1.29, 1.82) is 0 Å². The quantitative estimate of drug-likeness (QED) is 0.802. The van der Waals surface area contributed by atoms with Crippen LogP contribution in [-0.4, -0.2) is 21.3 Å². The molecule has 4 heteroatoms. The van der Waals surface area contributed by atoms with Crippen LogP contribution in [0.1, 0.15) is 55.4 Å². The fraction of sp³-hybridized carbons (Fsp3) is 0.636. The Morgan fingerprint density at radius 1 is 1.40 bits per heavy atom. The maximum Gasteiger partial charge on any atom is 0.356 e. The number of H-pyrrole nitrogens is 1. The van der Waals surface area contributed by atoms with Gasteiger partial charge in [0.25, 0.3) is 0 Å². The number of nitrogens with zero attached hydrogens (tertiary/aromatic N) is 1. The molecule has 0 amide bonds. The van der Waals surface area contributed by atoms with Crippen LogP contribution in [0.2, 0.25) is 0 Å². The van der Waals surface area contributed by atoms with Crippen molar-refractivity contribution in [2.75, 3.05) is 0 Å². The van der Waals surface area contributed by atoms with Crippen molar-refractivity contribution in [2.45, 2.75) is 40.0 Å². The van der Waals surface area contributed by atoms with Crippen LogP contribution in [0.4, 0.5) is 0 Å². The van der Waals surface area contributed by atoms with Crippen LogP contribution >= 0.6 is 0 Å². The Morgan fingerprint density at radius 3 is 2.40 bits per heavy atom. The summed E-state index contributed by atoms with van der Waals surface area (Å²) in [6.45, 7) is 8.21. The van der Waals surface area contributed by atoms with Gasteiger partial charge in [-0.15, -0.1) is 0 Å². The summed E-state index contributed by atoms with van der Waals surface area (Å²) >= 11 is 0. The fourth-order valence-corrected chi connectivity index (χ4v) is 1.65. The first-order valence-corrected chi connectivity index (χ1v) is 5.23. The number of aromatic carboxylic acids is 1. The van der Waals surface area contributed by atoms with Crippen LogP contribution in [0.3, 0.4) is 0 Å². The van der Waals surface area contributed by atoms with Crippen molar-refractivity contribution >= 4 is 5.97 Å². The molecule has 1 aromatic heterocycles. The number of carboxylic acids is 1. The summed E-state index contributed by atoms with van der Waals surface area (Å²) in [5.74, 6) is -0.244. The highest BCUT2D eigenvalue weighted by atomic mass is 16.4. The molecule has 0 atom stereocenters. The minimum absolute atomic E-state index is 0.174. The molecule has 0 radical (unpaired) electrons. The Kier molecular flexibility index (Phi) is 3.50. The van der Waals surface area contributed by atoms with Crippen molar-refractivity contribution in [3.05, 3.63) is 17.0 Å². The van der Waals surface area contributed by atoms with Crippen LogP contribution in [0.25, 0.3) is 0 Å². The van der Waals surface area contributed by atoms with Crippen molar-refractivity contribution in [3.8, 4) is 0 Å². The van der Waals surface area contributed by atoms with Crippen molar-refractivity contribution < 1.29 is 9.90 Å². The molecule has 1 rings (SSSR count). The van der Waals surface area contributed by atoms with Gasteiger partial charge in [-0.3, -0.25) is 5.10 Å². The van der Waals surface area contributed by atoms with Gasteiger partial charge in [0.05, 0.1) is 0 Å². The number of carbonyl (C=O) groups is 1. The van der Waals surface area contributed by atoms with Gasteiger partial charge in [0.1, 0.15) is 0 Å². The third-order valence-electron chi connectivity index (χ3n) is 2.29. The van der Waals surface area contributed by atoms with E-state index in [0.717, 1.165) is 17.7 Å². The third kappa shape index (κ3) is 2.58. The second-order valence-electron chi connectivity index (χ2n) is 4.52. The van der Waals surface area contributed by atoms with Gasteiger partial charge in [-0.1, -0.05) is 27.7 Å². The molecule has 1 aromatic rings. The summed E-state index contributed by atoms with van der Waals surface area (Å²) in [5, 5.41) is 15.7. The van der Waals surface area contributed by atoms with Crippen molar-refractivity contribution in [2.24, 2.45) is 5.92 Å². The largest absolute Gasteiger partial charge is 0.476 e. The fourth-order valence-electron chi connectivity index (χ4n) is 1.65. The zero-order chi connectivity index (χ0) is 11.6. The molecule has 0 aliphatic carbocycles. The minimum Gasteiger partial charge on any atom is -0.476 e. The molecule has 1 heterocycles. The Balaban J connectivity index is 3.14. The van der Waals surface area contributed by atoms with Crippen LogP contribution in [0.15, 0.2) is 0 Å². The molecular weight excluding hydrogens is 192 g/mol. The van der Waals surface area contributed by atoms with E-state index in [4.69, 9.17) is 5.11 Å². The maximum absolute atomic E-state index is 11.0. The molecule has 0 aliphatic rings. The van der Waals surface area contributed by atoms with Gasteiger partial charge >= 0.3 is 5.97 Å². The molecule has 4 nitrogen and oxygen atoms in total. The van der Waals surface area contributed by atoms with Crippen LogP contribution in [0, 0.1) is 5.92 Å². The Morgan fingerprint density at radius 2 is 2.00 bits per heavy atom. The number of aromatic amines is 1. The number of aromatic nitrogens is 2. The lowest BCUT2D eigenvalue weighted by Gasteiger charge is -2.09. The van der Waals surface area contributed by atoms with E-state index in [-0.39, 0.29) is 11.6 Å². The molecule has 0 unspecified atom stereocenters. The van der Waals surface area contributed by atoms with Gasteiger partial charge < -0.3 is 5.11 Å². The zero-order valence-corrected chi connectivity index (χ0v) is 9.66. The summed E-state index contributed by atoms with van der Waals surface area (Å²) in [6.07, 6.45) is 0.756. The lowest BCUT2D eigenvalue weighted by Crippen LogP contribution is -2.06. The predicted molar refractivity (Wildman–Crippen MR) is 58.2 cm³/mol. The minimum atomic E-state index is -0.950. The first-order chi connectivity index (χ1) is 6.93. The molecule has 0 aromatic carbocycles. The van der Waals surface area contributed by atoms with E-state index in [9.17, 15) is 4.79 Å². The van der Waals surface area contributed by atoms with Gasteiger partial charge in [0.15, 0.2) is 5.69 Å². The SMILES string of the molecule is CC(C)Cc1c(C(=O)O)n[nH]c1C(C)C. The summed E-state index contributed by atoms with van der Waals surface area (Å²) in [5.41, 5.74) is 1.97. The lowest BCUT2D eigenvalue weighted by molar-refractivity contribution is 0.0689. The molecule has 2 N–H and O–H groups in total. The molecule has 0 spiro atoms. The van der Waals surface area contributed by atoms with E-state index < -0.39 is 5.97 Å². The van der Waals surface area contributed by atoms with Crippen LogP contribution in [-0.2, 0) is 6.42 Å². The summed E-state index contributed by atoms with van der Waals surface area (Å²) in [6, 6.07) is 0. The van der Waals surface area contributed by atoms with E-state index in [1.807, 2.05) is 13.8 Å². The topological polar surface area (TPSA) is 66.0 Å². The standard InChI is InChI=1S/C11H18N2O2/c1-6(2)5-8-9(7(3)4)12-13-10(8)11(14)15/h6-7H,5H2,1-4H3,(H,12,13)(H,14,15). The number of rotatable bonds is 4. The number of hydrogen-bond acceptors (Lipinski definition) is 2. The average Bonchev–Trinajstić information content (AvgIpc) is 2.46. The smallest absolute Gasteiger partial charge is 0.356 e. The molecule has 0 saturated carbocycles. The summed E-state index contributed by atoms with van der Waals surface area (Å²) < 4.78 is 0.